The molecule has 0 nitrogen and oxygen atoms in total. The zero-order valence-electron chi connectivity index (χ0n) is 13.8. The highest BCUT2D eigenvalue weighted by Crippen LogP contribution is 2.79. The summed E-state index contributed by atoms with van der Waals surface area (Å²) in [7, 11) is 0. The first kappa shape index (κ1) is 23.7. The van der Waals surface area contributed by atoms with Gasteiger partial charge in [-0.1, -0.05) is 163 Å². The Bertz CT molecular complexity index is 1160. The van der Waals surface area contributed by atoms with E-state index in [0.29, 0.717) is 38.9 Å². The van der Waals surface area contributed by atoms with Gasteiger partial charge in [0.05, 0.1) is 0 Å². The Kier molecular flexibility index (Phi) is 5.02. The third-order valence-electron chi connectivity index (χ3n) is 5.66. The summed E-state index contributed by atoms with van der Waals surface area (Å²) in [4.78, 5) is 0. The fraction of sp³-hybridized carbons (Fsp3) is 0.333. The molecule has 0 amide bonds. The van der Waals surface area contributed by atoms with Gasteiger partial charge in [0.2, 0.25) is 0 Å². The molecule has 3 aliphatic carbocycles. The van der Waals surface area contributed by atoms with E-state index in [1.165, 1.54) is 0 Å². The van der Waals surface area contributed by atoms with Crippen LogP contribution in [0.1, 0.15) is 33.4 Å². The predicted octanol–water partition coefficient (Wildman–Crippen LogP) is 9.96. The second-order valence-electron chi connectivity index (χ2n) is 7.24. The highest BCUT2D eigenvalue weighted by Gasteiger charge is 2.75. The Hall–Kier alpha value is 1.92. The van der Waals surface area contributed by atoms with E-state index in [2.05, 4.69) is 0 Å². The Morgan fingerprint density at radius 1 is 0.467 bits per heavy atom. The minimum Gasteiger partial charge on any atom is -0.0944 e. The van der Waals surface area contributed by atoms with Gasteiger partial charge >= 0.3 is 0 Å². The summed E-state index contributed by atoms with van der Waals surface area (Å²) in [6, 6.07) is 6.78. The summed E-state index contributed by atoms with van der Waals surface area (Å²) in [5.74, 6) is 0. The topological polar surface area (TPSA) is 0 Å². The van der Waals surface area contributed by atoms with Crippen LogP contribution >= 0.6 is 139 Å². The van der Waals surface area contributed by atoms with Gasteiger partial charge in [0, 0.05) is 27.8 Å². The van der Waals surface area contributed by atoms with Gasteiger partial charge in [-0.15, -0.1) is 0 Å². The van der Waals surface area contributed by atoms with Crippen molar-refractivity contribution in [2.24, 2.45) is 0 Å². The van der Waals surface area contributed by atoms with Crippen molar-refractivity contribution in [1.82, 2.24) is 0 Å². The van der Waals surface area contributed by atoms with E-state index < -0.39 is 26.0 Å². The smallest absolute Gasteiger partial charge is 0.0944 e. The van der Waals surface area contributed by atoms with Crippen molar-refractivity contribution in [2.45, 2.75) is 26.0 Å². The molecule has 0 fully saturated rings. The van der Waals surface area contributed by atoms with Crippen molar-refractivity contribution in [3.8, 4) is 11.1 Å². The summed E-state index contributed by atoms with van der Waals surface area (Å²) in [5, 5.41) is 0. The first-order chi connectivity index (χ1) is 13.5. The zero-order chi connectivity index (χ0) is 22.4. The van der Waals surface area contributed by atoms with Crippen LogP contribution in [-0.4, -0.2) is 8.67 Å². The van der Waals surface area contributed by atoms with Crippen LogP contribution in [0.3, 0.4) is 0 Å². The van der Waals surface area contributed by atoms with E-state index >= 15 is 0 Å². The van der Waals surface area contributed by atoms with E-state index in [-0.39, 0.29) is 5.56 Å². The fourth-order valence-corrected chi connectivity index (χ4v) is 8.07. The van der Waals surface area contributed by atoms with Crippen LogP contribution in [-0.2, 0) is 17.3 Å². The molecule has 30 heavy (non-hydrogen) atoms. The number of alkyl halides is 12. The molecule has 0 aromatic heterocycles. The van der Waals surface area contributed by atoms with Gasteiger partial charge in [0.15, 0.2) is 26.0 Å². The van der Waals surface area contributed by atoms with E-state index in [1.54, 1.807) is 24.3 Å². The standard InChI is InChI=1S/C18H4Cl12/c19-13(20)8-7-5-3-1-2-4-6(5)15(23,24)17(27,28)18(29,30)16(25,26)9(7)11-12(10(8)13)14(11,21)22/h1-4H. The number of halogens is 12. The first-order valence-corrected chi connectivity index (χ1v) is 12.6. The third kappa shape index (κ3) is 2.51. The van der Waals surface area contributed by atoms with E-state index in [0.717, 1.165) is 0 Å². The minimum absolute atomic E-state index is 0.194. The number of hydrogen-bond acceptors (Lipinski definition) is 0. The van der Waals surface area contributed by atoms with E-state index in [4.69, 9.17) is 139 Å². The van der Waals surface area contributed by atoms with Crippen molar-refractivity contribution < 1.29 is 0 Å². The molecule has 0 heterocycles. The van der Waals surface area contributed by atoms with Crippen LogP contribution in [0, 0.1) is 0 Å². The predicted molar refractivity (Wildman–Crippen MR) is 132 cm³/mol. The van der Waals surface area contributed by atoms with Crippen LogP contribution < -0.4 is 0 Å². The minimum atomic E-state index is -2.36. The molecular weight excluding hydrogens is 642 g/mol. The molecule has 0 bridgehead atoms. The highest BCUT2D eigenvalue weighted by atomic mass is 35.6. The number of fused-ring (bicyclic) bond motifs is 8. The molecule has 0 radical (unpaired) electrons. The maximum atomic E-state index is 6.82. The van der Waals surface area contributed by atoms with Crippen molar-refractivity contribution in [2.75, 3.05) is 0 Å². The van der Waals surface area contributed by atoms with Gasteiger partial charge < -0.3 is 0 Å². The maximum absolute atomic E-state index is 6.82. The maximum Gasteiger partial charge on any atom is 0.191 e. The fourth-order valence-electron chi connectivity index (χ4n) is 4.13. The quantitative estimate of drug-likeness (QED) is 0.250. The highest BCUT2D eigenvalue weighted by molar-refractivity contribution is 6.74. The van der Waals surface area contributed by atoms with Gasteiger partial charge in [-0.05, 0) is 16.7 Å². The first-order valence-electron chi connectivity index (χ1n) is 8.10. The molecule has 0 aliphatic heterocycles. The lowest BCUT2D eigenvalue weighted by atomic mass is 9.85. The molecule has 0 spiro atoms. The van der Waals surface area contributed by atoms with Crippen molar-refractivity contribution in [1.29, 1.82) is 0 Å². The van der Waals surface area contributed by atoms with E-state index in [1.807, 2.05) is 0 Å². The molecule has 2 aromatic rings. The van der Waals surface area contributed by atoms with Crippen LogP contribution in [0.5, 0.6) is 0 Å². The summed E-state index contributed by atoms with van der Waals surface area (Å²) in [6.45, 7) is 0. The molecular formula is C18H4Cl12. The Morgan fingerprint density at radius 2 is 0.900 bits per heavy atom. The Labute approximate surface area is 231 Å². The van der Waals surface area contributed by atoms with Gasteiger partial charge in [-0.25, -0.2) is 0 Å². The summed E-state index contributed by atoms with van der Waals surface area (Å²) in [5.41, 5.74) is 3.35. The second kappa shape index (κ2) is 6.37. The Balaban J connectivity index is 2.03. The second-order valence-corrected chi connectivity index (χ2v) is 15.2. The molecule has 0 saturated heterocycles. The normalized spacial score (nSPS) is 26.3. The SMILES string of the molecule is ClC1(Cl)c2c3c(c4c(c21)C4(Cl)Cl)C(Cl)(Cl)C(Cl)(Cl)C(Cl)(Cl)C(Cl)(Cl)c1ccccc1-3. The number of benzene rings is 2. The van der Waals surface area contributed by atoms with Crippen LogP contribution in [0.15, 0.2) is 24.3 Å². The lowest BCUT2D eigenvalue weighted by Gasteiger charge is -2.48. The van der Waals surface area contributed by atoms with Crippen LogP contribution in [0.4, 0.5) is 0 Å². The monoisotopic (exact) mass is 640 g/mol. The van der Waals surface area contributed by atoms with Gasteiger partial charge in [-0.2, -0.15) is 0 Å². The third-order valence-corrected chi connectivity index (χ3v) is 12.5. The molecule has 2 aromatic carbocycles. The molecule has 3 aliphatic rings. The number of rotatable bonds is 0. The molecule has 0 atom stereocenters. The van der Waals surface area contributed by atoms with Gasteiger partial charge in [0.25, 0.3) is 0 Å². The van der Waals surface area contributed by atoms with Crippen molar-refractivity contribution >= 4 is 139 Å². The zero-order valence-corrected chi connectivity index (χ0v) is 22.9. The van der Waals surface area contributed by atoms with Crippen LogP contribution in [0.25, 0.3) is 11.1 Å². The molecule has 0 unspecified atom stereocenters. The molecule has 5 rings (SSSR count). The summed E-state index contributed by atoms with van der Waals surface area (Å²) < 4.78 is -11.7. The average molecular weight is 646 g/mol. The molecule has 160 valence electrons. The van der Waals surface area contributed by atoms with Crippen molar-refractivity contribution in [3.05, 3.63) is 57.6 Å². The largest absolute Gasteiger partial charge is 0.191 e. The van der Waals surface area contributed by atoms with Crippen LogP contribution in [0.2, 0.25) is 0 Å². The molecule has 12 heteroatoms. The number of hydrogen-bond donors (Lipinski definition) is 0. The van der Waals surface area contributed by atoms with E-state index in [9.17, 15) is 0 Å². The van der Waals surface area contributed by atoms with Crippen molar-refractivity contribution in [3.63, 3.8) is 0 Å². The summed E-state index contributed by atoms with van der Waals surface area (Å²) in [6.07, 6.45) is 0. The molecule has 0 N–H and O–H groups in total. The lowest BCUT2D eigenvalue weighted by molar-refractivity contribution is 0.545. The van der Waals surface area contributed by atoms with Gasteiger partial charge in [-0.3, -0.25) is 0 Å². The lowest BCUT2D eigenvalue weighted by Crippen LogP contribution is -2.56. The summed E-state index contributed by atoms with van der Waals surface area (Å²) >= 11 is 79.8. The van der Waals surface area contributed by atoms with Gasteiger partial charge in [0.1, 0.15) is 0 Å². The molecule has 0 saturated carbocycles. The average Bonchev–Trinajstić information content (AvgIpc) is 3.41. The Morgan fingerprint density at radius 3 is 1.50 bits per heavy atom.